The Hall–Kier alpha value is -2.10. The lowest BCUT2D eigenvalue weighted by Crippen LogP contribution is -2.23. The first-order chi connectivity index (χ1) is 8.65. The van der Waals surface area contributed by atoms with Crippen molar-refractivity contribution in [1.82, 2.24) is 14.7 Å². The average Bonchev–Trinajstić information content (AvgIpc) is 2.70. The monoisotopic (exact) mass is 243 g/mol. The van der Waals surface area contributed by atoms with Crippen LogP contribution in [0.5, 0.6) is 0 Å². The van der Waals surface area contributed by atoms with Gasteiger partial charge in [0.1, 0.15) is 5.65 Å². The zero-order chi connectivity index (χ0) is 13.0. The Bertz CT molecular complexity index is 546. The topological polar surface area (TPSA) is 46.4 Å². The standard InChI is InChI=1S/C14H17N3O/c1-11(2)9-14(18)15-7-6-12-10-17-8-4-3-5-13(17)16-12/h3-5,8-10H,6-7H2,1-2H3,(H,15,18). The van der Waals surface area contributed by atoms with E-state index in [-0.39, 0.29) is 5.91 Å². The highest BCUT2D eigenvalue weighted by Gasteiger charge is 2.01. The van der Waals surface area contributed by atoms with Crippen LogP contribution >= 0.6 is 0 Å². The maximum atomic E-state index is 11.4. The Labute approximate surface area is 106 Å². The molecule has 4 heteroatoms. The van der Waals surface area contributed by atoms with E-state index >= 15 is 0 Å². The highest BCUT2D eigenvalue weighted by atomic mass is 16.1. The molecule has 0 saturated carbocycles. The molecule has 0 aliphatic rings. The van der Waals surface area contributed by atoms with Crippen molar-refractivity contribution >= 4 is 11.6 Å². The third-order valence-electron chi connectivity index (χ3n) is 2.51. The van der Waals surface area contributed by atoms with Crippen LogP contribution in [0.25, 0.3) is 5.65 Å². The normalized spacial score (nSPS) is 10.3. The molecule has 4 nitrogen and oxygen atoms in total. The van der Waals surface area contributed by atoms with E-state index in [0.717, 1.165) is 23.3 Å². The third-order valence-corrected chi connectivity index (χ3v) is 2.51. The molecule has 94 valence electrons. The maximum absolute atomic E-state index is 11.4. The van der Waals surface area contributed by atoms with Crippen LogP contribution in [0, 0.1) is 0 Å². The fourth-order valence-electron chi connectivity index (χ4n) is 1.73. The van der Waals surface area contributed by atoms with Gasteiger partial charge in [-0.05, 0) is 26.0 Å². The predicted molar refractivity (Wildman–Crippen MR) is 71.3 cm³/mol. The molecule has 1 amide bonds. The summed E-state index contributed by atoms with van der Waals surface area (Å²) in [5, 5.41) is 2.84. The van der Waals surface area contributed by atoms with Crippen molar-refractivity contribution in [2.75, 3.05) is 6.54 Å². The van der Waals surface area contributed by atoms with Crippen molar-refractivity contribution in [2.24, 2.45) is 0 Å². The minimum absolute atomic E-state index is 0.0428. The lowest BCUT2D eigenvalue weighted by molar-refractivity contribution is -0.116. The van der Waals surface area contributed by atoms with Crippen molar-refractivity contribution in [3.63, 3.8) is 0 Å². The SMILES string of the molecule is CC(C)=CC(=O)NCCc1cn2ccccc2n1. The molecular weight excluding hydrogens is 226 g/mol. The Morgan fingerprint density at radius 1 is 1.44 bits per heavy atom. The molecule has 2 heterocycles. The van der Waals surface area contributed by atoms with Gasteiger partial charge in [-0.3, -0.25) is 4.79 Å². The summed E-state index contributed by atoms with van der Waals surface area (Å²) in [4.78, 5) is 15.9. The molecule has 0 unspecified atom stereocenters. The van der Waals surface area contributed by atoms with E-state index in [1.807, 2.05) is 48.8 Å². The minimum Gasteiger partial charge on any atom is -0.352 e. The number of pyridine rings is 1. The number of nitrogens with one attached hydrogen (secondary N) is 1. The summed E-state index contributed by atoms with van der Waals surface area (Å²) in [5.74, 6) is -0.0428. The molecule has 2 aromatic heterocycles. The third kappa shape index (κ3) is 3.20. The average molecular weight is 243 g/mol. The Morgan fingerprint density at radius 3 is 3.00 bits per heavy atom. The van der Waals surface area contributed by atoms with Crippen molar-refractivity contribution in [1.29, 1.82) is 0 Å². The molecule has 0 aliphatic heterocycles. The predicted octanol–water partition coefficient (Wildman–Crippen LogP) is 1.96. The second-order valence-electron chi connectivity index (χ2n) is 4.46. The first-order valence-electron chi connectivity index (χ1n) is 6.00. The fraction of sp³-hybridized carbons (Fsp3) is 0.286. The van der Waals surface area contributed by atoms with Gasteiger partial charge in [-0.2, -0.15) is 0 Å². The van der Waals surface area contributed by atoms with Gasteiger partial charge < -0.3 is 9.72 Å². The molecule has 0 aliphatic carbocycles. The summed E-state index contributed by atoms with van der Waals surface area (Å²) in [6.45, 7) is 4.41. The van der Waals surface area contributed by atoms with E-state index in [1.165, 1.54) is 0 Å². The molecule has 2 rings (SSSR count). The van der Waals surface area contributed by atoms with Gasteiger partial charge >= 0.3 is 0 Å². The van der Waals surface area contributed by atoms with Gasteiger partial charge in [0.2, 0.25) is 5.91 Å². The lowest BCUT2D eigenvalue weighted by atomic mass is 10.3. The summed E-state index contributed by atoms with van der Waals surface area (Å²) in [5.41, 5.74) is 2.92. The van der Waals surface area contributed by atoms with Crippen LogP contribution in [0.4, 0.5) is 0 Å². The van der Waals surface area contributed by atoms with Gasteiger partial charge in [0.05, 0.1) is 5.69 Å². The first kappa shape index (κ1) is 12.4. The number of carbonyl (C=O) groups is 1. The van der Waals surface area contributed by atoms with Crippen LogP contribution in [0.2, 0.25) is 0 Å². The quantitative estimate of drug-likeness (QED) is 0.834. The molecule has 18 heavy (non-hydrogen) atoms. The van der Waals surface area contributed by atoms with Crippen molar-refractivity contribution < 1.29 is 4.79 Å². The molecule has 2 aromatic rings. The first-order valence-corrected chi connectivity index (χ1v) is 6.00. The number of allylic oxidation sites excluding steroid dienone is 1. The maximum Gasteiger partial charge on any atom is 0.243 e. The van der Waals surface area contributed by atoms with Gasteiger partial charge in [0.15, 0.2) is 0 Å². The number of aromatic nitrogens is 2. The lowest BCUT2D eigenvalue weighted by Gasteiger charge is -2.00. The second kappa shape index (κ2) is 5.49. The van der Waals surface area contributed by atoms with E-state index in [0.29, 0.717) is 6.54 Å². The highest BCUT2D eigenvalue weighted by molar-refractivity contribution is 5.87. The summed E-state index contributed by atoms with van der Waals surface area (Å²) >= 11 is 0. The number of imidazole rings is 1. The summed E-state index contributed by atoms with van der Waals surface area (Å²) in [6.07, 6.45) is 6.30. The zero-order valence-electron chi connectivity index (χ0n) is 10.7. The molecule has 0 spiro atoms. The van der Waals surface area contributed by atoms with Crippen LogP contribution < -0.4 is 5.32 Å². The van der Waals surface area contributed by atoms with E-state index in [1.54, 1.807) is 6.08 Å². The minimum atomic E-state index is -0.0428. The molecular formula is C14H17N3O. The van der Waals surface area contributed by atoms with Crippen molar-refractivity contribution in [3.8, 4) is 0 Å². The molecule has 0 aromatic carbocycles. The smallest absolute Gasteiger partial charge is 0.243 e. The number of amides is 1. The van der Waals surface area contributed by atoms with Crippen LogP contribution in [0.15, 0.2) is 42.2 Å². The second-order valence-corrected chi connectivity index (χ2v) is 4.46. The number of hydrogen-bond donors (Lipinski definition) is 1. The number of rotatable bonds is 4. The van der Waals surface area contributed by atoms with E-state index < -0.39 is 0 Å². The fourth-order valence-corrected chi connectivity index (χ4v) is 1.73. The van der Waals surface area contributed by atoms with Gasteiger partial charge in [-0.15, -0.1) is 0 Å². The zero-order valence-corrected chi connectivity index (χ0v) is 10.7. The van der Waals surface area contributed by atoms with E-state index in [2.05, 4.69) is 10.3 Å². The number of carbonyl (C=O) groups excluding carboxylic acids is 1. The highest BCUT2D eigenvalue weighted by Crippen LogP contribution is 2.04. The molecule has 0 atom stereocenters. The number of hydrogen-bond acceptors (Lipinski definition) is 2. The molecule has 0 saturated heterocycles. The Kier molecular flexibility index (Phi) is 3.77. The van der Waals surface area contributed by atoms with E-state index in [9.17, 15) is 4.79 Å². The molecule has 0 bridgehead atoms. The van der Waals surface area contributed by atoms with Gasteiger partial charge in [-0.25, -0.2) is 4.98 Å². The largest absolute Gasteiger partial charge is 0.352 e. The summed E-state index contributed by atoms with van der Waals surface area (Å²) in [6, 6.07) is 5.89. The van der Waals surface area contributed by atoms with Crippen LogP contribution in [-0.4, -0.2) is 21.8 Å². The van der Waals surface area contributed by atoms with Crippen LogP contribution in [-0.2, 0) is 11.2 Å². The van der Waals surface area contributed by atoms with Crippen LogP contribution in [0.3, 0.4) is 0 Å². The Morgan fingerprint density at radius 2 is 2.28 bits per heavy atom. The van der Waals surface area contributed by atoms with Gasteiger partial charge in [0.25, 0.3) is 0 Å². The molecule has 1 N–H and O–H groups in total. The van der Waals surface area contributed by atoms with E-state index in [4.69, 9.17) is 0 Å². The number of fused-ring (bicyclic) bond motifs is 1. The molecule has 0 radical (unpaired) electrons. The summed E-state index contributed by atoms with van der Waals surface area (Å²) in [7, 11) is 0. The van der Waals surface area contributed by atoms with Crippen molar-refractivity contribution in [3.05, 3.63) is 47.9 Å². The molecule has 0 fully saturated rings. The number of nitrogens with zero attached hydrogens (tertiary/aromatic N) is 2. The van der Waals surface area contributed by atoms with Crippen LogP contribution in [0.1, 0.15) is 19.5 Å². The van der Waals surface area contributed by atoms with Crippen molar-refractivity contribution in [2.45, 2.75) is 20.3 Å². The Balaban J connectivity index is 1.90. The summed E-state index contributed by atoms with van der Waals surface area (Å²) < 4.78 is 1.98. The van der Waals surface area contributed by atoms with Gasteiger partial charge in [-0.1, -0.05) is 11.6 Å². The van der Waals surface area contributed by atoms with Gasteiger partial charge in [0, 0.05) is 31.4 Å².